The van der Waals surface area contributed by atoms with E-state index in [0.29, 0.717) is 31.0 Å². The number of piperidine rings is 1. The number of hydrogen-bond donors (Lipinski definition) is 1. The number of aryl methyl sites for hydroxylation is 1. The molecule has 28 heavy (non-hydrogen) atoms. The number of likely N-dealkylation sites (tertiary alicyclic amines) is 1. The van der Waals surface area contributed by atoms with Gasteiger partial charge in [-0.2, -0.15) is 0 Å². The highest BCUT2D eigenvalue weighted by atomic mass is 35.5. The summed E-state index contributed by atoms with van der Waals surface area (Å²) in [6.07, 6.45) is 2.15. The van der Waals surface area contributed by atoms with Crippen molar-refractivity contribution in [2.75, 3.05) is 13.1 Å². The van der Waals surface area contributed by atoms with E-state index >= 15 is 0 Å². The lowest BCUT2D eigenvalue weighted by atomic mass is 9.94. The second-order valence-electron chi connectivity index (χ2n) is 7.63. The number of nitrogens with zero attached hydrogens (tertiary/aromatic N) is 1. The number of carbonyl (C=O) groups is 2. The molecule has 0 saturated carbocycles. The molecule has 1 saturated heterocycles. The molecule has 0 unspecified atom stereocenters. The summed E-state index contributed by atoms with van der Waals surface area (Å²) in [5, 5.41) is 3.83. The minimum absolute atomic E-state index is 0.0391. The van der Waals surface area contributed by atoms with Gasteiger partial charge in [0, 0.05) is 35.6 Å². The normalized spacial score (nSPS) is 15.9. The molecule has 1 atom stereocenters. The van der Waals surface area contributed by atoms with Gasteiger partial charge in [-0.05, 0) is 62.4 Å². The fourth-order valence-electron chi connectivity index (χ4n) is 3.76. The lowest BCUT2D eigenvalue weighted by Gasteiger charge is -2.32. The molecule has 1 N–H and O–H groups in total. The number of rotatable bonds is 5. The second kappa shape index (κ2) is 9.24. The summed E-state index contributed by atoms with van der Waals surface area (Å²) in [6, 6.07) is 15.4. The van der Waals surface area contributed by atoms with Crippen molar-refractivity contribution in [3.8, 4) is 0 Å². The highest BCUT2D eigenvalue weighted by Gasteiger charge is 2.28. The Labute approximate surface area is 171 Å². The molecule has 0 bridgehead atoms. The van der Waals surface area contributed by atoms with Gasteiger partial charge in [0.15, 0.2) is 0 Å². The summed E-state index contributed by atoms with van der Waals surface area (Å²) in [7, 11) is 0. The third kappa shape index (κ3) is 5.14. The van der Waals surface area contributed by atoms with Crippen molar-refractivity contribution < 1.29 is 9.59 Å². The molecule has 1 heterocycles. The van der Waals surface area contributed by atoms with Gasteiger partial charge in [0.2, 0.25) is 5.91 Å². The first-order valence-electron chi connectivity index (χ1n) is 9.84. The predicted molar refractivity (Wildman–Crippen MR) is 113 cm³/mol. The lowest BCUT2D eigenvalue weighted by molar-refractivity contribution is -0.126. The van der Waals surface area contributed by atoms with Crippen molar-refractivity contribution in [3.05, 3.63) is 70.2 Å². The predicted octanol–water partition coefficient (Wildman–Crippen LogP) is 4.25. The van der Waals surface area contributed by atoms with Crippen molar-refractivity contribution in [1.29, 1.82) is 0 Å². The van der Waals surface area contributed by atoms with E-state index in [1.165, 1.54) is 0 Å². The first-order chi connectivity index (χ1) is 13.4. The first kappa shape index (κ1) is 20.4. The minimum Gasteiger partial charge on any atom is -0.353 e. The van der Waals surface area contributed by atoms with Crippen LogP contribution in [0.5, 0.6) is 0 Å². The Hall–Kier alpha value is -2.33. The van der Waals surface area contributed by atoms with Crippen LogP contribution in [0.25, 0.3) is 0 Å². The maximum atomic E-state index is 12.7. The average molecular weight is 399 g/mol. The molecule has 0 spiro atoms. The molecule has 2 amide bonds. The molecule has 2 aromatic rings. The van der Waals surface area contributed by atoms with Crippen LogP contribution in [0.15, 0.2) is 48.5 Å². The van der Waals surface area contributed by atoms with E-state index in [-0.39, 0.29) is 23.8 Å². The Morgan fingerprint density at radius 2 is 1.86 bits per heavy atom. The molecule has 0 radical (unpaired) electrons. The smallest absolute Gasteiger partial charge is 0.254 e. The van der Waals surface area contributed by atoms with E-state index in [1.807, 2.05) is 67.3 Å². The van der Waals surface area contributed by atoms with Gasteiger partial charge >= 0.3 is 0 Å². The molecule has 0 aromatic heterocycles. The first-order valence-corrected chi connectivity index (χ1v) is 10.2. The van der Waals surface area contributed by atoms with E-state index in [4.69, 9.17) is 11.6 Å². The summed E-state index contributed by atoms with van der Waals surface area (Å²) >= 11 is 6.03. The van der Waals surface area contributed by atoms with Crippen molar-refractivity contribution in [2.24, 2.45) is 5.92 Å². The van der Waals surface area contributed by atoms with Gasteiger partial charge in [0.1, 0.15) is 0 Å². The number of halogens is 1. The molecular weight excluding hydrogens is 372 g/mol. The molecule has 5 heteroatoms. The van der Waals surface area contributed by atoms with Gasteiger partial charge in [-0.1, -0.05) is 41.9 Å². The Bertz CT molecular complexity index is 844. The number of amides is 2. The van der Waals surface area contributed by atoms with Crippen LogP contribution in [0.3, 0.4) is 0 Å². The van der Waals surface area contributed by atoms with Gasteiger partial charge in [-0.3, -0.25) is 9.59 Å². The summed E-state index contributed by atoms with van der Waals surface area (Å²) in [5.74, 6) is 0.103. The van der Waals surface area contributed by atoms with Crippen molar-refractivity contribution in [1.82, 2.24) is 10.2 Å². The Morgan fingerprint density at radius 1 is 1.14 bits per heavy atom. The van der Waals surface area contributed by atoms with Crippen molar-refractivity contribution in [3.63, 3.8) is 0 Å². The highest BCUT2D eigenvalue weighted by Crippen LogP contribution is 2.21. The van der Waals surface area contributed by atoms with E-state index in [2.05, 4.69) is 5.32 Å². The largest absolute Gasteiger partial charge is 0.353 e. The molecule has 3 rings (SSSR count). The topological polar surface area (TPSA) is 49.4 Å². The SMILES string of the molecule is Cc1ccccc1C(=O)N1CCC(C(=O)N[C@H](C)Cc2cccc(Cl)c2)CC1. The van der Waals surface area contributed by atoms with Crippen LogP contribution in [0.4, 0.5) is 0 Å². The van der Waals surface area contributed by atoms with E-state index < -0.39 is 0 Å². The standard InChI is InChI=1S/C23H27ClN2O2/c1-16-6-3-4-9-21(16)23(28)26-12-10-19(11-13-26)22(27)25-17(2)14-18-7-5-8-20(24)15-18/h3-9,15,17,19H,10-14H2,1-2H3,(H,25,27)/t17-/m1/s1. The van der Waals surface area contributed by atoms with Crippen LogP contribution in [0, 0.1) is 12.8 Å². The third-order valence-corrected chi connectivity index (χ3v) is 5.58. The molecule has 2 aromatic carbocycles. The number of carbonyl (C=O) groups excluding carboxylic acids is 2. The Morgan fingerprint density at radius 3 is 2.54 bits per heavy atom. The van der Waals surface area contributed by atoms with E-state index in [1.54, 1.807) is 0 Å². The molecule has 1 aliphatic heterocycles. The van der Waals surface area contributed by atoms with Gasteiger partial charge in [0.25, 0.3) is 5.91 Å². The van der Waals surface area contributed by atoms with Crippen LogP contribution in [-0.4, -0.2) is 35.8 Å². The van der Waals surface area contributed by atoms with Gasteiger partial charge in [0.05, 0.1) is 0 Å². The van der Waals surface area contributed by atoms with Crippen LogP contribution in [-0.2, 0) is 11.2 Å². The number of nitrogens with one attached hydrogen (secondary N) is 1. The molecule has 1 aliphatic rings. The summed E-state index contributed by atoms with van der Waals surface area (Å²) < 4.78 is 0. The molecule has 4 nitrogen and oxygen atoms in total. The van der Waals surface area contributed by atoms with Crippen molar-refractivity contribution in [2.45, 2.75) is 39.2 Å². The fraction of sp³-hybridized carbons (Fsp3) is 0.391. The quantitative estimate of drug-likeness (QED) is 0.818. The second-order valence-corrected chi connectivity index (χ2v) is 8.06. The molecular formula is C23H27ClN2O2. The van der Waals surface area contributed by atoms with Crippen LogP contribution < -0.4 is 5.32 Å². The maximum absolute atomic E-state index is 12.7. The summed E-state index contributed by atoms with van der Waals surface area (Å²) in [4.78, 5) is 27.2. The molecule has 1 fully saturated rings. The Balaban J connectivity index is 1.49. The minimum atomic E-state index is -0.0391. The summed E-state index contributed by atoms with van der Waals surface area (Å²) in [5.41, 5.74) is 2.85. The Kier molecular flexibility index (Phi) is 6.74. The fourth-order valence-corrected chi connectivity index (χ4v) is 3.97. The number of hydrogen-bond acceptors (Lipinski definition) is 2. The van der Waals surface area contributed by atoms with E-state index in [9.17, 15) is 9.59 Å². The lowest BCUT2D eigenvalue weighted by Crippen LogP contribution is -2.45. The third-order valence-electron chi connectivity index (χ3n) is 5.35. The average Bonchev–Trinajstić information content (AvgIpc) is 2.68. The van der Waals surface area contributed by atoms with Gasteiger partial charge in [-0.25, -0.2) is 0 Å². The highest BCUT2D eigenvalue weighted by molar-refractivity contribution is 6.30. The van der Waals surface area contributed by atoms with Crippen LogP contribution >= 0.6 is 11.6 Å². The zero-order chi connectivity index (χ0) is 20.1. The molecule has 0 aliphatic carbocycles. The van der Waals surface area contributed by atoms with Gasteiger partial charge < -0.3 is 10.2 Å². The zero-order valence-electron chi connectivity index (χ0n) is 16.5. The van der Waals surface area contributed by atoms with Crippen LogP contribution in [0.2, 0.25) is 5.02 Å². The maximum Gasteiger partial charge on any atom is 0.254 e. The molecule has 148 valence electrons. The van der Waals surface area contributed by atoms with E-state index in [0.717, 1.165) is 23.1 Å². The zero-order valence-corrected chi connectivity index (χ0v) is 17.2. The number of benzene rings is 2. The summed E-state index contributed by atoms with van der Waals surface area (Å²) in [6.45, 7) is 5.20. The van der Waals surface area contributed by atoms with Crippen molar-refractivity contribution >= 4 is 23.4 Å². The monoisotopic (exact) mass is 398 g/mol. The van der Waals surface area contributed by atoms with Crippen LogP contribution in [0.1, 0.15) is 41.3 Å². The van der Waals surface area contributed by atoms with Gasteiger partial charge in [-0.15, -0.1) is 0 Å².